The lowest BCUT2D eigenvalue weighted by Crippen LogP contribution is -2.29. The van der Waals surface area contributed by atoms with E-state index in [9.17, 15) is 9.59 Å². The molecule has 11 heteroatoms. The summed E-state index contributed by atoms with van der Waals surface area (Å²) in [7, 11) is 3.81. The number of fused-ring (bicyclic) bond motifs is 2. The van der Waals surface area contributed by atoms with E-state index in [1.807, 2.05) is 172 Å². The van der Waals surface area contributed by atoms with Gasteiger partial charge in [-0.05, 0) is 119 Å². The van der Waals surface area contributed by atoms with Crippen molar-refractivity contribution in [3.05, 3.63) is 265 Å². The molecule has 0 saturated heterocycles. The number of hydrogen-bond donors (Lipinski definition) is 1. The molecule has 6 aromatic carbocycles. The average molecular weight is 993 g/mol. The lowest BCUT2D eigenvalue weighted by Gasteiger charge is -2.24. The van der Waals surface area contributed by atoms with E-state index in [-0.39, 0.29) is 23.2 Å². The van der Waals surface area contributed by atoms with Crippen molar-refractivity contribution in [3.63, 3.8) is 0 Å². The van der Waals surface area contributed by atoms with Gasteiger partial charge in [0, 0.05) is 47.6 Å². The summed E-state index contributed by atoms with van der Waals surface area (Å²) in [6, 6.07) is 59.2. The van der Waals surface area contributed by atoms with E-state index in [4.69, 9.17) is 9.97 Å². The van der Waals surface area contributed by atoms with Crippen LogP contribution in [0.15, 0.2) is 216 Å². The van der Waals surface area contributed by atoms with Crippen LogP contribution in [0.1, 0.15) is 46.0 Å². The van der Waals surface area contributed by atoms with Crippen LogP contribution >= 0.6 is 22.6 Å². The second-order valence-electron chi connectivity index (χ2n) is 15.7. The molecular weight excluding hydrogens is 944 g/mol. The molecule has 67 heavy (non-hydrogen) atoms. The highest BCUT2D eigenvalue weighted by atomic mass is 127. The lowest BCUT2D eigenvalue weighted by atomic mass is 9.98. The highest BCUT2D eigenvalue weighted by Crippen LogP contribution is 2.30. The van der Waals surface area contributed by atoms with Gasteiger partial charge in [0.2, 0.25) is 0 Å². The number of benzene rings is 6. The predicted molar refractivity (Wildman–Crippen MR) is 281 cm³/mol. The molecule has 4 aromatic heterocycles. The molecule has 0 fully saturated rings. The molecule has 10 nitrogen and oxygen atoms in total. The van der Waals surface area contributed by atoms with E-state index < -0.39 is 0 Å². The number of anilines is 3. The molecule has 1 N–H and O–H groups in total. The summed E-state index contributed by atoms with van der Waals surface area (Å²) in [5, 5.41) is 4.30. The first-order valence-corrected chi connectivity index (χ1v) is 22.9. The molecule has 0 radical (unpaired) electrons. The Morgan fingerprint density at radius 3 is 1.33 bits per heavy atom. The van der Waals surface area contributed by atoms with Gasteiger partial charge in [0.25, 0.3) is 11.1 Å². The van der Waals surface area contributed by atoms with Crippen molar-refractivity contribution in [3.8, 4) is 0 Å². The number of pyridine rings is 2. The summed E-state index contributed by atoms with van der Waals surface area (Å²) in [6.45, 7) is 3.79. The van der Waals surface area contributed by atoms with Crippen molar-refractivity contribution >= 4 is 61.5 Å². The molecule has 0 saturated carbocycles. The minimum absolute atomic E-state index is 0.0349. The summed E-state index contributed by atoms with van der Waals surface area (Å²) in [6.07, 6.45) is 7.13. The third-order valence-corrected chi connectivity index (χ3v) is 12.1. The standard InChI is InChI=1S/C28H24N4O.C23H21N3O.C5H4IN/c1-20-30-26-16-15-23(31(2)24-14-9-17-29-19-24)18-25(26)28(33)32(20)27(21-10-5-3-6-11-21)22-12-7-4-8-13-22;1-16-25-21-14-13-19(24-2)15-20(21)23(27)26(16)22(17-9-5-3-6-10-17)18-11-7-4-8-12-18;6-5-2-1-3-7-4-5/h3-19,27H,1-2H3;3-15,22,24H,1-2H3;1-4H. The second-order valence-corrected chi connectivity index (χ2v) is 17.0. The Bertz CT molecular complexity index is 3240. The number of rotatable bonds is 9. The van der Waals surface area contributed by atoms with Gasteiger partial charge >= 0.3 is 0 Å². The van der Waals surface area contributed by atoms with Gasteiger partial charge in [0.1, 0.15) is 11.6 Å². The molecule has 0 atom stereocenters. The van der Waals surface area contributed by atoms with Crippen molar-refractivity contribution in [1.82, 2.24) is 29.1 Å². The fourth-order valence-electron chi connectivity index (χ4n) is 8.15. The van der Waals surface area contributed by atoms with Crippen molar-refractivity contribution < 1.29 is 0 Å². The van der Waals surface area contributed by atoms with Crippen LogP contribution in [-0.2, 0) is 0 Å². The predicted octanol–water partition coefficient (Wildman–Crippen LogP) is 11.6. The number of halogens is 1. The lowest BCUT2D eigenvalue weighted by molar-refractivity contribution is 0.620. The van der Waals surface area contributed by atoms with Gasteiger partial charge in [-0.1, -0.05) is 121 Å². The smallest absolute Gasteiger partial charge is 0.262 e. The summed E-state index contributed by atoms with van der Waals surface area (Å²) in [5.74, 6) is 1.38. The molecule has 0 aliphatic heterocycles. The Morgan fingerprint density at radius 1 is 0.507 bits per heavy atom. The van der Waals surface area contributed by atoms with E-state index in [1.54, 1.807) is 27.7 Å². The third kappa shape index (κ3) is 10.5. The normalized spacial score (nSPS) is 10.9. The Labute approximate surface area is 403 Å². The zero-order valence-corrected chi connectivity index (χ0v) is 39.8. The maximum atomic E-state index is 13.9. The van der Waals surface area contributed by atoms with E-state index in [0.717, 1.165) is 39.3 Å². The SMILES string of the molecule is CNc1ccc2nc(C)n(C(c3ccccc3)c3ccccc3)c(=O)c2c1.Cc1nc2ccc(N(C)c3cccnc3)cc2c(=O)n1C(c1ccccc1)c1ccccc1.Ic1cccnc1. The van der Waals surface area contributed by atoms with Crippen LogP contribution in [0.5, 0.6) is 0 Å². The first-order valence-electron chi connectivity index (χ1n) is 21.8. The van der Waals surface area contributed by atoms with Crippen LogP contribution in [0, 0.1) is 17.4 Å². The molecule has 0 amide bonds. The maximum absolute atomic E-state index is 13.9. The molecular formula is C56H49IN8O2. The largest absolute Gasteiger partial charge is 0.388 e. The van der Waals surface area contributed by atoms with Gasteiger partial charge in [0.05, 0.1) is 45.8 Å². The zero-order chi connectivity index (χ0) is 46.7. The fraction of sp³-hybridized carbons (Fsp3) is 0.107. The molecule has 0 spiro atoms. The maximum Gasteiger partial charge on any atom is 0.262 e. The Balaban J connectivity index is 0.000000161. The molecule has 332 valence electrons. The number of aryl methyl sites for hydroxylation is 2. The van der Waals surface area contributed by atoms with Crippen molar-refractivity contribution in [2.45, 2.75) is 25.9 Å². The molecule has 0 unspecified atom stereocenters. The molecule has 0 aliphatic rings. The zero-order valence-electron chi connectivity index (χ0n) is 37.6. The van der Waals surface area contributed by atoms with Crippen LogP contribution in [0.25, 0.3) is 21.8 Å². The summed E-state index contributed by atoms with van der Waals surface area (Å²) < 4.78 is 4.79. The van der Waals surface area contributed by atoms with Crippen LogP contribution in [0.3, 0.4) is 0 Å². The number of aromatic nitrogens is 6. The van der Waals surface area contributed by atoms with Gasteiger partial charge < -0.3 is 10.2 Å². The molecule has 0 aliphatic carbocycles. The summed E-state index contributed by atoms with van der Waals surface area (Å²) in [4.78, 5) is 47.1. The first-order chi connectivity index (χ1) is 32.7. The third-order valence-electron chi connectivity index (χ3n) is 11.4. The van der Waals surface area contributed by atoms with Gasteiger partial charge in [-0.2, -0.15) is 0 Å². The quantitative estimate of drug-likeness (QED) is 0.142. The molecule has 10 rings (SSSR count). The molecule has 10 aromatic rings. The number of nitrogens with zero attached hydrogens (tertiary/aromatic N) is 7. The van der Waals surface area contributed by atoms with Gasteiger partial charge in [0.15, 0.2) is 0 Å². The number of hydrogen-bond acceptors (Lipinski definition) is 8. The minimum Gasteiger partial charge on any atom is -0.388 e. The van der Waals surface area contributed by atoms with Crippen molar-refractivity contribution in [2.75, 3.05) is 24.3 Å². The first kappa shape index (κ1) is 45.8. The molecule has 0 bridgehead atoms. The Kier molecular flexibility index (Phi) is 14.7. The van der Waals surface area contributed by atoms with Crippen LogP contribution in [0.2, 0.25) is 0 Å². The minimum atomic E-state index is -0.267. The van der Waals surface area contributed by atoms with E-state index in [0.29, 0.717) is 33.5 Å². The Hall–Kier alpha value is -7.77. The van der Waals surface area contributed by atoms with E-state index in [2.05, 4.69) is 86.4 Å². The summed E-state index contributed by atoms with van der Waals surface area (Å²) in [5.41, 5.74) is 8.25. The van der Waals surface area contributed by atoms with Crippen molar-refractivity contribution in [1.29, 1.82) is 0 Å². The second kappa shape index (κ2) is 21.5. The summed E-state index contributed by atoms with van der Waals surface area (Å²) >= 11 is 2.22. The average Bonchev–Trinajstić information content (AvgIpc) is 3.38. The van der Waals surface area contributed by atoms with Gasteiger partial charge in [-0.3, -0.25) is 28.7 Å². The van der Waals surface area contributed by atoms with E-state index in [1.165, 1.54) is 3.57 Å². The topological polar surface area (TPSA) is 111 Å². The highest BCUT2D eigenvalue weighted by Gasteiger charge is 2.23. The van der Waals surface area contributed by atoms with E-state index >= 15 is 0 Å². The van der Waals surface area contributed by atoms with Crippen molar-refractivity contribution in [2.24, 2.45) is 0 Å². The highest BCUT2D eigenvalue weighted by molar-refractivity contribution is 14.1. The fourth-order valence-corrected chi connectivity index (χ4v) is 8.51. The van der Waals surface area contributed by atoms with Gasteiger partial charge in [-0.15, -0.1) is 0 Å². The molecule has 4 heterocycles. The Morgan fingerprint density at radius 2 is 0.940 bits per heavy atom. The van der Waals surface area contributed by atoms with Crippen LogP contribution in [0.4, 0.5) is 17.1 Å². The number of nitrogens with one attached hydrogen (secondary N) is 1. The monoisotopic (exact) mass is 992 g/mol. The van der Waals surface area contributed by atoms with Crippen LogP contribution in [-0.4, -0.2) is 43.2 Å². The van der Waals surface area contributed by atoms with Crippen LogP contribution < -0.4 is 21.3 Å². The van der Waals surface area contributed by atoms with Gasteiger partial charge in [-0.25, -0.2) is 9.97 Å².